The molecule has 53 valence electrons. The second kappa shape index (κ2) is 6.13. The van der Waals surface area contributed by atoms with Crippen LogP contribution in [-0.2, 0) is 0 Å². The predicted molar refractivity (Wildman–Crippen MR) is 37.9 cm³/mol. The van der Waals surface area contributed by atoms with E-state index in [1.165, 1.54) is 6.42 Å². The third-order valence-electron chi connectivity index (χ3n) is 1.10. The van der Waals surface area contributed by atoms with Gasteiger partial charge in [-0.25, -0.2) is 0 Å². The van der Waals surface area contributed by atoms with Crippen LogP contribution >= 0.6 is 0 Å². The van der Waals surface area contributed by atoms with E-state index in [2.05, 4.69) is 20.8 Å². The largest absolute Gasteiger partial charge is 0.677 e. The van der Waals surface area contributed by atoms with Gasteiger partial charge in [0, 0.05) is 44.1 Å². The Hall–Kier alpha value is 1.40. The van der Waals surface area contributed by atoms with Crippen LogP contribution in [0, 0.1) is 49.5 Å². The molecule has 0 saturated carbocycles. The fraction of sp³-hybridized carbons (Fsp3) is 1.00. The maximum atomic E-state index is 6.88. The first kappa shape index (κ1) is 13.0. The van der Waals surface area contributed by atoms with Gasteiger partial charge in [0.1, 0.15) is 0 Å². The Morgan fingerprint density at radius 2 is 1.67 bits per heavy atom. The average molecular weight is 341 g/mol. The van der Waals surface area contributed by atoms with Gasteiger partial charge in [0.2, 0.25) is 0 Å². The Kier molecular flexibility index (Phi) is 8.88. The van der Waals surface area contributed by atoms with Crippen molar-refractivity contribution in [1.29, 1.82) is 0 Å². The molecule has 0 amide bonds. The summed E-state index contributed by atoms with van der Waals surface area (Å²) in [5.41, 5.74) is 7.31. The normalized spacial score (nSPS) is 10.7. The van der Waals surface area contributed by atoms with Gasteiger partial charge >= 0.3 is 0 Å². The van der Waals surface area contributed by atoms with Gasteiger partial charge in [0.25, 0.3) is 0 Å². The van der Waals surface area contributed by atoms with Gasteiger partial charge in [-0.2, -0.15) is 6.54 Å². The zero-order valence-corrected chi connectivity index (χ0v) is 11.4. The van der Waals surface area contributed by atoms with Crippen molar-refractivity contribution in [2.24, 2.45) is 5.41 Å². The van der Waals surface area contributed by atoms with Gasteiger partial charge in [0.05, 0.1) is 0 Å². The second-order valence-electron chi connectivity index (χ2n) is 3.41. The number of hydrogen-bond acceptors (Lipinski definition) is 0. The van der Waals surface area contributed by atoms with E-state index >= 15 is 0 Å². The Bertz CT molecular complexity index is 56.4. The molecule has 0 spiro atoms. The van der Waals surface area contributed by atoms with Crippen molar-refractivity contribution in [1.82, 2.24) is 0 Å². The fourth-order valence-electron chi connectivity index (χ4n) is 0.619. The van der Waals surface area contributed by atoms with Crippen molar-refractivity contribution in [3.63, 3.8) is 0 Å². The maximum absolute atomic E-state index is 6.88. The summed E-state index contributed by atoms with van der Waals surface area (Å²) >= 11 is 0. The summed E-state index contributed by atoms with van der Waals surface area (Å²) in [7, 11) is 0. The smallest absolute Gasteiger partial charge is 0 e. The molecule has 1 N–H and O–H groups in total. The van der Waals surface area contributed by atoms with Gasteiger partial charge in [-0.3, -0.25) is 0 Å². The van der Waals surface area contributed by atoms with Crippen LogP contribution in [0.15, 0.2) is 0 Å². The molecule has 0 aromatic rings. The number of nitrogens with one attached hydrogen (secondary N) is 1. The predicted octanol–water partition coefficient (Wildman–Crippen LogP) is 2.86. The molecule has 0 bridgehead atoms. The van der Waals surface area contributed by atoms with Crippen LogP contribution in [0.2, 0.25) is 0 Å². The van der Waals surface area contributed by atoms with Gasteiger partial charge < -0.3 is 5.73 Å². The number of rotatable bonds is 2. The van der Waals surface area contributed by atoms with Crippen LogP contribution < -0.4 is 0 Å². The van der Waals surface area contributed by atoms with Crippen molar-refractivity contribution in [2.75, 3.05) is 6.54 Å². The first-order valence-corrected chi connectivity index (χ1v) is 3.21. The van der Waals surface area contributed by atoms with Gasteiger partial charge in [-0.15, -0.1) is 0 Å². The molecule has 0 aliphatic carbocycles. The molecular weight excluding hydrogens is 325 g/mol. The minimum atomic E-state index is 0. The molecule has 0 heterocycles. The van der Waals surface area contributed by atoms with Crippen LogP contribution in [0.1, 0.15) is 33.6 Å². The molecule has 0 rings (SSSR count). The quantitative estimate of drug-likeness (QED) is 0.738. The van der Waals surface area contributed by atoms with E-state index in [0.29, 0.717) is 12.0 Å². The van der Waals surface area contributed by atoms with E-state index in [1.54, 1.807) is 0 Å². The summed E-state index contributed by atoms with van der Waals surface area (Å²) in [5, 5.41) is 0. The molecular formula is C7H16AcN-. The minimum absolute atomic E-state index is 0. The van der Waals surface area contributed by atoms with Crippen LogP contribution in [0.5, 0.6) is 0 Å². The van der Waals surface area contributed by atoms with E-state index in [4.69, 9.17) is 5.73 Å². The van der Waals surface area contributed by atoms with E-state index in [0.717, 1.165) is 6.42 Å². The molecule has 0 saturated heterocycles. The van der Waals surface area contributed by atoms with Crippen LogP contribution in [0.25, 0.3) is 5.73 Å². The molecule has 0 unspecified atom stereocenters. The Labute approximate surface area is 94.3 Å². The number of hydrogen-bond donors (Lipinski definition) is 0. The topological polar surface area (TPSA) is 23.8 Å². The zero-order valence-electron chi connectivity index (χ0n) is 6.70. The molecule has 1 nitrogen and oxygen atoms in total. The van der Waals surface area contributed by atoms with Crippen molar-refractivity contribution in [2.45, 2.75) is 33.6 Å². The summed E-state index contributed by atoms with van der Waals surface area (Å²) in [6.07, 6.45) is 2.22. The van der Waals surface area contributed by atoms with Crippen LogP contribution in [-0.4, -0.2) is 6.54 Å². The first-order chi connectivity index (χ1) is 3.56. The maximum Gasteiger partial charge on any atom is 0 e. The average Bonchev–Trinajstić information content (AvgIpc) is 1.59. The molecule has 0 aliphatic heterocycles. The van der Waals surface area contributed by atoms with E-state index in [1.807, 2.05) is 0 Å². The van der Waals surface area contributed by atoms with Crippen molar-refractivity contribution >= 4 is 0 Å². The first-order valence-electron chi connectivity index (χ1n) is 3.21. The molecule has 9 heavy (non-hydrogen) atoms. The fourth-order valence-corrected chi connectivity index (χ4v) is 0.619. The standard InChI is InChI=1S/C7H16N.Ac/c1-7(2,3)5-4-6-8;/h8H,4-6H2,1-3H3;/q-1;. The monoisotopic (exact) mass is 341 g/mol. The van der Waals surface area contributed by atoms with Crippen molar-refractivity contribution in [3.8, 4) is 0 Å². The van der Waals surface area contributed by atoms with Crippen LogP contribution in [0.3, 0.4) is 0 Å². The van der Waals surface area contributed by atoms with Gasteiger partial charge in [-0.05, 0) is 5.41 Å². The summed E-state index contributed by atoms with van der Waals surface area (Å²) in [4.78, 5) is 0. The molecule has 1 radical (unpaired) electrons. The third-order valence-corrected chi connectivity index (χ3v) is 1.10. The molecule has 0 fully saturated rings. The summed E-state index contributed by atoms with van der Waals surface area (Å²) in [6, 6.07) is 0. The van der Waals surface area contributed by atoms with Gasteiger partial charge in [0.15, 0.2) is 0 Å². The Balaban J connectivity index is 0. The summed E-state index contributed by atoms with van der Waals surface area (Å²) in [6.45, 7) is 7.21. The summed E-state index contributed by atoms with van der Waals surface area (Å²) in [5.74, 6) is 0. The van der Waals surface area contributed by atoms with Crippen molar-refractivity contribution in [3.05, 3.63) is 5.73 Å². The molecule has 2 heteroatoms. The second-order valence-corrected chi connectivity index (χ2v) is 3.41. The van der Waals surface area contributed by atoms with E-state index in [9.17, 15) is 0 Å². The molecule has 0 aromatic carbocycles. The zero-order chi connectivity index (χ0) is 6.62. The van der Waals surface area contributed by atoms with Crippen LogP contribution in [0.4, 0.5) is 0 Å². The molecule has 0 atom stereocenters. The minimum Gasteiger partial charge on any atom is -0.677 e. The molecule has 0 aliphatic rings. The van der Waals surface area contributed by atoms with Crippen molar-refractivity contribution < 1.29 is 44.1 Å². The van der Waals surface area contributed by atoms with Gasteiger partial charge in [-0.1, -0.05) is 33.6 Å². The van der Waals surface area contributed by atoms with E-state index in [-0.39, 0.29) is 44.1 Å². The third kappa shape index (κ3) is 12.6. The Morgan fingerprint density at radius 3 is 1.78 bits per heavy atom. The molecule has 0 aromatic heterocycles. The van der Waals surface area contributed by atoms with E-state index < -0.39 is 0 Å². The SMILES string of the molecule is CC(C)(C)CCC[NH-].[Ac]. The summed E-state index contributed by atoms with van der Waals surface area (Å²) < 4.78 is 0. The Morgan fingerprint density at radius 1 is 1.22 bits per heavy atom.